The minimum absolute atomic E-state index is 0.0991. The lowest BCUT2D eigenvalue weighted by molar-refractivity contribution is -0.0826. The second-order valence-electron chi connectivity index (χ2n) is 6.55. The quantitative estimate of drug-likeness (QED) is 0.854. The van der Waals surface area contributed by atoms with Gasteiger partial charge in [-0.1, -0.05) is 39.3 Å². The van der Waals surface area contributed by atoms with Gasteiger partial charge in [0.15, 0.2) is 0 Å². The predicted molar refractivity (Wildman–Crippen MR) is 79.1 cm³/mol. The van der Waals surface area contributed by atoms with Gasteiger partial charge >= 0.3 is 0 Å². The summed E-state index contributed by atoms with van der Waals surface area (Å²) in [5.74, 6) is -0.0991. The number of halogens is 1. The third-order valence-electron chi connectivity index (χ3n) is 3.73. The van der Waals surface area contributed by atoms with Gasteiger partial charge in [0.1, 0.15) is 5.15 Å². The van der Waals surface area contributed by atoms with Crippen molar-refractivity contribution in [1.29, 1.82) is 0 Å². The molecule has 2 heterocycles. The van der Waals surface area contributed by atoms with Gasteiger partial charge in [-0.15, -0.1) is 0 Å². The fourth-order valence-corrected chi connectivity index (χ4v) is 2.43. The monoisotopic (exact) mass is 296 g/mol. The number of rotatable bonds is 2. The second kappa shape index (κ2) is 5.01. The van der Waals surface area contributed by atoms with Gasteiger partial charge in [0.2, 0.25) is 0 Å². The highest BCUT2D eigenvalue weighted by Crippen LogP contribution is 2.28. The van der Waals surface area contributed by atoms with Crippen LogP contribution in [0.25, 0.3) is 0 Å². The van der Waals surface area contributed by atoms with Crippen LogP contribution in [0.4, 0.5) is 0 Å². The fourth-order valence-electron chi connectivity index (χ4n) is 2.22. The summed E-state index contributed by atoms with van der Waals surface area (Å²) in [6.07, 6.45) is 0.654. The van der Waals surface area contributed by atoms with E-state index in [4.69, 9.17) is 11.6 Å². The molecule has 0 aromatic carbocycles. The van der Waals surface area contributed by atoms with E-state index in [-0.39, 0.29) is 11.3 Å². The molecule has 1 saturated heterocycles. The smallest absolute Gasteiger partial charge is 0.254 e. The first-order valence-corrected chi connectivity index (χ1v) is 7.22. The molecule has 4 nitrogen and oxygen atoms in total. The zero-order chi connectivity index (χ0) is 15.1. The van der Waals surface area contributed by atoms with Gasteiger partial charge in [0, 0.05) is 16.7 Å². The minimum atomic E-state index is -0.723. The Morgan fingerprint density at radius 1 is 1.45 bits per heavy atom. The van der Waals surface area contributed by atoms with Crippen molar-refractivity contribution < 1.29 is 9.90 Å². The lowest BCUT2D eigenvalue weighted by atomic mass is 9.89. The summed E-state index contributed by atoms with van der Waals surface area (Å²) in [6, 6.07) is 3.37. The van der Waals surface area contributed by atoms with Crippen LogP contribution in [-0.4, -0.2) is 39.6 Å². The molecule has 110 valence electrons. The first-order valence-electron chi connectivity index (χ1n) is 6.84. The standard InChI is InChI=1S/C15H21ClN2O2/c1-5-15(20)8-18(9-15)13(19)10-6-11(14(2,3)4)17-12(16)7-10/h6-7,20H,5,8-9H2,1-4H3. The van der Waals surface area contributed by atoms with Gasteiger partial charge in [0.25, 0.3) is 5.91 Å². The number of aliphatic hydroxyl groups is 1. The van der Waals surface area contributed by atoms with Crippen molar-refractivity contribution in [3.63, 3.8) is 0 Å². The van der Waals surface area contributed by atoms with Crippen LogP contribution >= 0.6 is 11.6 Å². The minimum Gasteiger partial charge on any atom is -0.386 e. The number of likely N-dealkylation sites (tertiary alicyclic amines) is 1. The molecule has 1 amide bonds. The number of aromatic nitrogens is 1. The van der Waals surface area contributed by atoms with Gasteiger partial charge in [-0.3, -0.25) is 4.79 Å². The molecule has 0 aliphatic carbocycles. The highest BCUT2D eigenvalue weighted by atomic mass is 35.5. The van der Waals surface area contributed by atoms with E-state index in [1.165, 1.54) is 0 Å². The summed E-state index contributed by atoms with van der Waals surface area (Å²) in [4.78, 5) is 18.3. The Hall–Kier alpha value is -1.13. The van der Waals surface area contributed by atoms with Crippen molar-refractivity contribution in [3.8, 4) is 0 Å². The Morgan fingerprint density at radius 2 is 2.05 bits per heavy atom. The van der Waals surface area contributed by atoms with E-state index in [0.29, 0.717) is 30.2 Å². The lowest BCUT2D eigenvalue weighted by Crippen LogP contribution is -2.63. The molecule has 0 unspecified atom stereocenters. The SMILES string of the molecule is CCC1(O)CN(C(=O)c2cc(Cl)nc(C(C)(C)C)c2)C1. The number of pyridine rings is 1. The Bertz CT molecular complexity index is 531. The van der Waals surface area contributed by atoms with Crippen LogP contribution in [0.5, 0.6) is 0 Å². The van der Waals surface area contributed by atoms with Crippen LogP contribution < -0.4 is 0 Å². The number of β-amino-alcohol motifs (C(OH)–C–C–N with tert-alkyl or cyclic N) is 1. The topological polar surface area (TPSA) is 53.4 Å². The Balaban J connectivity index is 2.22. The average molecular weight is 297 g/mol. The summed E-state index contributed by atoms with van der Waals surface area (Å²) in [5.41, 5.74) is 0.436. The summed E-state index contributed by atoms with van der Waals surface area (Å²) in [6.45, 7) is 8.77. The maximum atomic E-state index is 12.4. The Kier molecular flexibility index (Phi) is 3.82. The van der Waals surface area contributed by atoms with E-state index in [9.17, 15) is 9.90 Å². The molecule has 0 saturated carbocycles. The first-order chi connectivity index (χ1) is 9.14. The molecule has 5 heteroatoms. The number of carbonyl (C=O) groups is 1. The molecule has 0 bridgehead atoms. The van der Waals surface area contributed by atoms with Crippen molar-refractivity contribution >= 4 is 17.5 Å². The maximum Gasteiger partial charge on any atom is 0.254 e. The highest BCUT2D eigenvalue weighted by Gasteiger charge is 2.42. The van der Waals surface area contributed by atoms with Gasteiger partial charge in [0.05, 0.1) is 18.7 Å². The van der Waals surface area contributed by atoms with E-state index in [1.807, 2.05) is 27.7 Å². The summed E-state index contributed by atoms with van der Waals surface area (Å²) < 4.78 is 0. The molecule has 1 N–H and O–H groups in total. The zero-order valence-corrected chi connectivity index (χ0v) is 13.2. The molecule has 1 aromatic heterocycles. The zero-order valence-electron chi connectivity index (χ0n) is 12.4. The van der Waals surface area contributed by atoms with E-state index in [1.54, 1.807) is 17.0 Å². The van der Waals surface area contributed by atoms with Gasteiger partial charge in [-0.05, 0) is 18.6 Å². The van der Waals surface area contributed by atoms with Crippen LogP contribution in [0.2, 0.25) is 5.15 Å². The van der Waals surface area contributed by atoms with E-state index < -0.39 is 5.60 Å². The van der Waals surface area contributed by atoms with E-state index in [0.717, 1.165) is 5.69 Å². The average Bonchev–Trinajstić information content (AvgIpc) is 2.32. The molecular weight excluding hydrogens is 276 g/mol. The van der Waals surface area contributed by atoms with Crippen LogP contribution in [0.15, 0.2) is 12.1 Å². The molecule has 1 fully saturated rings. The third kappa shape index (κ3) is 2.96. The second-order valence-corrected chi connectivity index (χ2v) is 6.94. The molecule has 20 heavy (non-hydrogen) atoms. The number of hydrogen-bond donors (Lipinski definition) is 1. The molecule has 1 aromatic rings. The Labute approximate surface area is 124 Å². The summed E-state index contributed by atoms with van der Waals surface area (Å²) in [5, 5.41) is 10.3. The van der Waals surface area contributed by atoms with Crippen molar-refractivity contribution in [2.45, 2.75) is 45.1 Å². The van der Waals surface area contributed by atoms with Gasteiger partial charge in [-0.25, -0.2) is 4.98 Å². The highest BCUT2D eigenvalue weighted by molar-refractivity contribution is 6.29. The molecule has 0 radical (unpaired) electrons. The van der Waals surface area contributed by atoms with Crippen LogP contribution in [0.3, 0.4) is 0 Å². The maximum absolute atomic E-state index is 12.4. The lowest BCUT2D eigenvalue weighted by Gasteiger charge is -2.46. The van der Waals surface area contributed by atoms with Gasteiger partial charge in [-0.2, -0.15) is 0 Å². The first kappa shape index (κ1) is 15.3. The normalized spacial score (nSPS) is 17.8. The fraction of sp³-hybridized carbons (Fsp3) is 0.600. The van der Waals surface area contributed by atoms with Crippen molar-refractivity contribution in [2.75, 3.05) is 13.1 Å². The number of hydrogen-bond acceptors (Lipinski definition) is 3. The Morgan fingerprint density at radius 3 is 2.55 bits per heavy atom. The molecule has 0 atom stereocenters. The van der Waals surface area contributed by atoms with E-state index >= 15 is 0 Å². The van der Waals surface area contributed by atoms with Crippen molar-refractivity contribution in [3.05, 3.63) is 28.5 Å². The number of nitrogens with zero attached hydrogens (tertiary/aromatic N) is 2. The van der Waals surface area contributed by atoms with Crippen molar-refractivity contribution in [1.82, 2.24) is 9.88 Å². The van der Waals surface area contributed by atoms with Gasteiger partial charge < -0.3 is 10.0 Å². The summed E-state index contributed by atoms with van der Waals surface area (Å²) in [7, 11) is 0. The number of amides is 1. The van der Waals surface area contributed by atoms with Crippen LogP contribution in [-0.2, 0) is 5.41 Å². The molecule has 1 aliphatic heterocycles. The largest absolute Gasteiger partial charge is 0.386 e. The van der Waals surface area contributed by atoms with E-state index in [2.05, 4.69) is 4.98 Å². The third-order valence-corrected chi connectivity index (χ3v) is 3.92. The molecule has 2 rings (SSSR count). The molecular formula is C15H21ClN2O2. The predicted octanol–water partition coefficient (Wildman–Crippen LogP) is 2.63. The number of carbonyl (C=O) groups excluding carboxylic acids is 1. The van der Waals surface area contributed by atoms with Crippen LogP contribution in [0, 0.1) is 0 Å². The van der Waals surface area contributed by atoms with Crippen molar-refractivity contribution in [2.24, 2.45) is 0 Å². The molecule has 1 aliphatic rings. The summed E-state index contributed by atoms with van der Waals surface area (Å²) >= 11 is 6.02. The van der Waals surface area contributed by atoms with Crippen LogP contribution in [0.1, 0.15) is 50.2 Å². The molecule has 0 spiro atoms.